The Labute approximate surface area is 105 Å². The standard InChI is InChI=1S/C13H14N2O3/c1-10(16)12-7-6-11(5-3-4-8-14-2)13(9-12)15(17)18/h6-7,9,14H,4,8H2,1-2H3. The van der Waals surface area contributed by atoms with Crippen LogP contribution in [0.3, 0.4) is 0 Å². The van der Waals surface area contributed by atoms with E-state index in [4.69, 9.17) is 0 Å². The van der Waals surface area contributed by atoms with Gasteiger partial charge in [0.15, 0.2) is 5.78 Å². The van der Waals surface area contributed by atoms with Crippen molar-refractivity contribution in [2.75, 3.05) is 13.6 Å². The highest BCUT2D eigenvalue weighted by Crippen LogP contribution is 2.19. The average Bonchev–Trinajstić information content (AvgIpc) is 2.34. The van der Waals surface area contributed by atoms with Crippen molar-refractivity contribution in [3.05, 3.63) is 39.4 Å². The molecule has 0 fully saturated rings. The number of nitrogens with one attached hydrogen (secondary N) is 1. The van der Waals surface area contributed by atoms with Crippen molar-refractivity contribution in [1.29, 1.82) is 0 Å². The summed E-state index contributed by atoms with van der Waals surface area (Å²) in [6, 6.07) is 4.34. The molecule has 5 nitrogen and oxygen atoms in total. The number of nitrogens with zero attached hydrogens (tertiary/aromatic N) is 1. The van der Waals surface area contributed by atoms with E-state index in [2.05, 4.69) is 17.2 Å². The molecular formula is C13H14N2O3. The number of rotatable bonds is 4. The van der Waals surface area contributed by atoms with Crippen LogP contribution >= 0.6 is 0 Å². The van der Waals surface area contributed by atoms with Gasteiger partial charge in [-0.3, -0.25) is 14.9 Å². The molecule has 0 saturated carbocycles. The van der Waals surface area contributed by atoms with E-state index in [-0.39, 0.29) is 11.5 Å². The van der Waals surface area contributed by atoms with Crippen molar-refractivity contribution < 1.29 is 9.72 Å². The third kappa shape index (κ3) is 3.68. The molecule has 1 rings (SSSR count). The first kappa shape index (κ1) is 13.9. The fraction of sp³-hybridized carbons (Fsp3) is 0.308. The van der Waals surface area contributed by atoms with Crippen molar-refractivity contribution >= 4 is 11.5 Å². The molecule has 18 heavy (non-hydrogen) atoms. The van der Waals surface area contributed by atoms with Gasteiger partial charge in [-0.2, -0.15) is 0 Å². The topological polar surface area (TPSA) is 72.2 Å². The van der Waals surface area contributed by atoms with Crippen LogP contribution in [0.15, 0.2) is 18.2 Å². The molecule has 0 aromatic heterocycles. The van der Waals surface area contributed by atoms with Crippen molar-refractivity contribution in [2.24, 2.45) is 0 Å². The molecule has 1 aromatic rings. The highest BCUT2D eigenvalue weighted by Gasteiger charge is 2.14. The molecule has 1 N–H and O–H groups in total. The third-order valence-corrected chi connectivity index (χ3v) is 2.32. The van der Waals surface area contributed by atoms with Crippen molar-refractivity contribution in [3.63, 3.8) is 0 Å². The first-order chi connectivity index (χ1) is 8.56. The van der Waals surface area contributed by atoms with Crippen LogP contribution in [0, 0.1) is 22.0 Å². The molecule has 5 heteroatoms. The SMILES string of the molecule is CNCCC#Cc1ccc(C(C)=O)cc1[N+](=O)[O-]. The fourth-order valence-corrected chi connectivity index (χ4v) is 1.35. The number of Topliss-reactive ketones (excluding diaryl/α,β-unsaturated/α-hetero) is 1. The quantitative estimate of drug-likeness (QED) is 0.289. The van der Waals surface area contributed by atoms with E-state index in [0.717, 1.165) is 6.54 Å². The van der Waals surface area contributed by atoms with Gasteiger partial charge in [0, 0.05) is 24.6 Å². The zero-order valence-corrected chi connectivity index (χ0v) is 10.3. The molecule has 0 aliphatic carbocycles. The first-order valence-corrected chi connectivity index (χ1v) is 5.49. The molecule has 94 valence electrons. The summed E-state index contributed by atoms with van der Waals surface area (Å²) >= 11 is 0. The number of ketones is 1. The van der Waals surface area contributed by atoms with Gasteiger partial charge >= 0.3 is 0 Å². The lowest BCUT2D eigenvalue weighted by Crippen LogP contribution is -2.06. The van der Waals surface area contributed by atoms with Crippen LogP contribution in [0.1, 0.15) is 29.3 Å². The summed E-state index contributed by atoms with van der Waals surface area (Å²) in [7, 11) is 1.81. The summed E-state index contributed by atoms with van der Waals surface area (Å²) in [6.07, 6.45) is 0.613. The van der Waals surface area contributed by atoms with Crippen LogP contribution in [-0.2, 0) is 0 Å². The van der Waals surface area contributed by atoms with Gasteiger partial charge in [0.2, 0.25) is 0 Å². The summed E-state index contributed by atoms with van der Waals surface area (Å²) in [6.45, 7) is 2.10. The number of benzene rings is 1. The van der Waals surface area contributed by atoms with Gasteiger partial charge in [0.25, 0.3) is 5.69 Å². The van der Waals surface area contributed by atoms with Crippen molar-refractivity contribution in [2.45, 2.75) is 13.3 Å². The largest absolute Gasteiger partial charge is 0.319 e. The van der Waals surface area contributed by atoms with E-state index in [1.807, 2.05) is 7.05 Å². The second-order valence-corrected chi connectivity index (χ2v) is 3.70. The van der Waals surface area contributed by atoms with Gasteiger partial charge in [0.05, 0.1) is 4.92 Å². The van der Waals surface area contributed by atoms with Gasteiger partial charge in [-0.05, 0) is 26.1 Å². The minimum Gasteiger partial charge on any atom is -0.319 e. The Bertz CT molecular complexity index is 527. The second kappa shape index (κ2) is 6.52. The Morgan fingerprint density at radius 1 is 1.50 bits per heavy atom. The number of nitro groups is 1. The van der Waals surface area contributed by atoms with Crippen molar-refractivity contribution in [3.8, 4) is 11.8 Å². The number of hydrogen-bond acceptors (Lipinski definition) is 4. The molecule has 0 saturated heterocycles. The summed E-state index contributed by atoms with van der Waals surface area (Å²) < 4.78 is 0. The van der Waals surface area contributed by atoms with Crippen LogP contribution in [0.25, 0.3) is 0 Å². The molecule has 0 bridgehead atoms. The minimum absolute atomic E-state index is 0.125. The van der Waals surface area contributed by atoms with E-state index in [9.17, 15) is 14.9 Å². The van der Waals surface area contributed by atoms with Gasteiger partial charge in [-0.15, -0.1) is 0 Å². The fourth-order valence-electron chi connectivity index (χ4n) is 1.35. The Morgan fingerprint density at radius 3 is 2.78 bits per heavy atom. The second-order valence-electron chi connectivity index (χ2n) is 3.70. The maximum absolute atomic E-state index is 11.2. The van der Waals surface area contributed by atoms with Crippen LogP contribution < -0.4 is 5.32 Å². The molecule has 0 unspecified atom stereocenters. The number of hydrogen-bond donors (Lipinski definition) is 1. The predicted molar refractivity (Wildman–Crippen MR) is 68.5 cm³/mol. The normalized spacial score (nSPS) is 9.44. The number of carbonyl (C=O) groups is 1. The lowest BCUT2D eigenvalue weighted by Gasteiger charge is -1.98. The summed E-state index contributed by atoms with van der Waals surface area (Å²) in [5, 5.41) is 13.8. The molecule has 0 atom stereocenters. The molecular weight excluding hydrogens is 232 g/mol. The third-order valence-electron chi connectivity index (χ3n) is 2.32. The van der Waals surface area contributed by atoms with Gasteiger partial charge in [-0.1, -0.05) is 11.8 Å². The highest BCUT2D eigenvalue weighted by molar-refractivity contribution is 5.95. The Morgan fingerprint density at radius 2 is 2.22 bits per heavy atom. The maximum Gasteiger partial charge on any atom is 0.285 e. The van der Waals surface area contributed by atoms with E-state index < -0.39 is 4.92 Å². The molecule has 0 aliphatic rings. The van der Waals surface area contributed by atoms with Gasteiger partial charge in [0.1, 0.15) is 5.56 Å². The average molecular weight is 246 g/mol. The first-order valence-electron chi connectivity index (χ1n) is 5.49. The summed E-state index contributed by atoms with van der Waals surface area (Å²) in [4.78, 5) is 21.5. The smallest absolute Gasteiger partial charge is 0.285 e. The van der Waals surface area contributed by atoms with E-state index in [1.54, 1.807) is 6.07 Å². The number of nitro benzene ring substituents is 1. The molecule has 0 radical (unpaired) electrons. The summed E-state index contributed by atoms with van der Waals surface area (Å²) in [5.74, 6) is 5.40. The summed E-state index contributed by atoms with van der Waals surface area (Å²) in [5.41, 5.74) is 0.531. The Kier molecular flexibility index (Phi) is 5.03. The van der Waals surface area contributed by atoms with E-state index >= 15 is 0 Å². The van der Waals surface area contributed by atoms with Crippen LogP contribution in [0.5, 0.6) is 0 Å². The van der Waals surface area contributed by atoms with E-state index in [1.165, 1.54) is 19.1 Å². The predicted octanol–water partition coefficient (Wildman–Crippen LogP) is 1.76. The van der Waals surface area contributed by atoms with E-state index in [0.29, 0.717) is 17.5 Å². The van der Waals surface area contributed by atoms with Crippen LogP contribution in [-0.4, -0.2) is 24.3 Å². The van der Waals surface area contributed by atoms with Gasteiger partial charge in [-0.25, -0.2) is 0 Å². The van der Waals surface area contributed by atoms with Crippen molar-refractivity contribution in [1.82, 2.24) is 5.32 Å². The van der Waals surface area contributed by atoms with Crippen LogP contribution in [0.4, 0.5) is 5.69 Å². The van der Waals surface area contributed by atoms with Gasteiger partial charge < -0.3 is 5.32 Å². The highest BCUT2D eigenvalue weighted by atomic mass is 16.6. The lowest BCUT2D eigenvalue weighted by atomic mass is 10.1. The Hall–Kier alpha value is -2.19. The van der Waals surface area contributed by atoms with Crippen LogP contribution in [0.2, 0.25) is 0 Å². The minimum atomic E-state index is -0.519. The molecule has 0 amide bonds. The zero-order valence-electron chi connectivity index (χ0n) is 10.3. The molecule has 1 aromatic carbocycles. The molecule has 0 spiro atoms. The zero-order chi connectivity index (χ0) is 13.5. The monoisotopic (exact) mass is 246 g/mol. The Balaban J connectivity index is 3.07. The lowest BCUT2D eigenvalue weighted by molar-refractivity contribution is -0.385. The number of carbonyl (C=O) groups excluding carboxylic acids is 1. The maximum atomic E-state index is 11.2. The molecule has 0 aliphatic heterocycles. The molecule has 0 heterocycles.